The van der Waals surface area contributed by atoms with E-state index in [1.165, 1.54) is 13.2 Å². The molecule has 1 atom stereocenters. The van der Waals surface area contributed by atoms with Crippen LogP contribution in [0.3, 0.4) is 0 Å². The van der Waals surface area contributed by atoms with Crippen molar-refractivity contribution in [3.8, 4) is 0 Å². The third-order valence-corrected chi connectivity index (χ3v) is 3.43. The number of esters is 1. The highest BCUT2D eigenvalue weighted by Crippen LogP contribution is 2.33. The Morgan fingerprint density at radius 1 is 1.50 bits per heavy atom. The molecule has 3 nitrogen and oxygen atoms in total. The van der Waals surface area contributed by atoms with Gasteiger partial charge in [0.05, 0.1) is 17.0 Å². The Morgan fingerprint density at radius 3 is 2.50 bits per heavy atom. The highest BCUT2D eigenvalue weighted by atomic mass is 79.9. The molecule has 102 valence electrons. The highest BCUT2D eigenvalue weighted by Gasteiger charge is 2.36. The molecule has 0 radical (unpaired) electrons. The molecule has 1 rings (SSSR count). The summed E-state index contributed by atoms with van der Waals surface area (Å²) < 4.78 is 18.4. The molecule has 6 heteroatoms. The third-order valence-electron chi connectivity index (χ3n) is 2.79. The largest absolute Gasteiger partial charge is 0.469 e. The van der Waals surface area contributed by atoms with Crippen LogP contribution in [0.15, 0.2) is 22.7 Å². The van der Waals surface area contributed by atoms with Gasteiger partial charge in [-0.3, -0.25) is 4.79 Å². The first-order valence-corrected chi connectivity index (χ1v) is 5.89. The fourth-order valence-electron chi connectivity index (χ4n) is 1.51. The molecular weight excluding hydrogens is 324 g/mol. The first kappa shape index (κ1) is 17.4. The minimum Gasteiger partial charge on any atom is -0.469 e. The molecule has 0 fully saturated rings. The van der Waals surface area contributed by atoms with Crippen LogP contribution >= 0.6 is 28.3 Å². The Morgan fingerprint density at radius 2 is 2.06 bits per heavy atom. The Bertz CT molecular complexity index is 440. The second kappa shape index (κ2) is 6.50. The van der Waals surface area contributed by atoms with Crippen LogP contribution < -0.4 is 5.73 Å². The Balaban J connectivity index is 0.00000289. The second-order valence-electron chi connectivity index (χ2n) is 4.36. The van der Waals surface area contributed by atoms with E-state index in [-0.39, 0.29) is 12.4 Å². The van der Waals surface area contributed by atoms with Crippen molar-refractivity contribution in [2.45, 2.75) is 19.9 Å². The van der Waals surface area contributed by atoms with Crippen LogP contribution in [0.4, 0.5) is 4.39 Å². The van der Waals surface area contributed by atoms with Gasteiger partial charge in [0.25, 0.3) is 0 Å². The van der Waals surface area contributed by atoms with E-state index < -0.39 is 23.2 Å². The molecular formula is C12H16BrClFNO2. The van der Waals surface area contributed by atoms with E-state index in [0.29, 0.717) is 10.0 Å². The maximum absolute atomic E-state index is 13.4. The summed E-state index contributed by atoms with van der Waals surface area (Å²) in [6, 6.07) is 3.94. The molecule has 0 saturated carbocycles. The van der Waals surface area contributed by atoms with Gasteiger partial charge in [0.1, 0.15) is 5.82 Å². The topological polar surface area (TPSA) is 52.3 Å². The lowest BCUT2D eigenvalue weighted by atomic mass is 9.81. The molecule has 2 N–H and O–H groups in total. The number of methoxy groups -OCH3 is 1. The number of ether oxygens (including phenoxy) is 1. The van der Waals surface area contributed by atoms with Gasteiger partial charge in [-0.1, -0.05) is 6.07 Å². The van der Waals surface area contributed by atoms with Gasteiger partial charge in [-0.25, -0.2) is 4.39 Å². The Kier molecular flexibility index (Phi) is 6.26. The average Bonchev–Trinajstić information content (AvgIpc) is 2.30. The Hall–Kier alpha value is -0.650. The number of halogens is 3. The summed E-state index contributed by atoms with van der Waals surface area (Å²) in [4.78, 5) is 11.6. The van der Waals surface area contributed by atoms with Gasteiger partial charge in [0.15, 0.2) is 0 Å². The number of hydrogen-bond donors (Lipinski definition) is 1. The zero-order chi connectivity index (χ0) is 13.2. The van der Waals surface area contributed by atoms with Crippen LogP contribution in [-0.4, -0.2) is 13.1 Å². The van der Waals surface area contributed by atoms with Gasteiger partial charge in [-0.05, 0) is 47.5 Å². The van der Waals surface area contributed by atoms with Crippen LogP contribution in [0.1, 0.15) is 25.5 Å². The normalized spacial score (nSPS) is 12.6. The summed E-state index contributed by atoms with van der Waals surface area (Å²) in [5.74, 6) is -0.827. The zero-order valence-electron chi connectivity index (χ0n) is 10.4. The quantitative estimate of drug-likeness (QED) is 0.860. The molecule has 0 unspecified atom stereocenters. The van der Waals surface area contributed by atoms with Crippen molar-refractivity contribution in [2.24, 2.45) is 11.1 Å². The fourth-order valence-corrected chi connectivity index (χ4v) is 1.76. The standard InChI is InChI=1S/C12H15BrFNO2.ClH/c1-12(2,11(16)17-3)10(15)7-4-5-8(13)9(14)6-7;/h4-6,10H,15H2,1-3H3;1H/t10-;/m1./s1. The van der Waals surface area contributed by atoms with E-state index in [0.717, 1.165) is 0 Å². The van der Waals surface area contributed by atoms with Gasteiger partial charge < -0.3 is 10.5 Å². The van der Waals surface area contributed by atoms with Crippen LogP contribution in [0.2, 0.25) is 0 Å². The molecule has 0 spiro atoms. The van der Waals surface area contributed by atoms with E-state index >= 15 is 0 Å². The first-order valence-electron chi connectivity index (χ1n) is 5.09. The van der Waals surface area contributed by atoms with Crippen LogP contribution in [0, 0.1) is 11.2 Å². The number of carbonyl (C=O) groups is 1. The van der Waals surface area contributed by atoms with E-state index in [1.54, 1.807) is 26.0 Å². The molecule has 0 saturated heterocycles. The molecule has 0 aliphatic carbocycles. The second-order valence-corrected chi connectivity index (χ2v) is 5.22. The molecule has 0 aliphatic rings. The third kappa shape index (κ3) is 3.43. The smallest absolute Gasteiger partial charge is 0.313 e. The van der Waals surface area contributed by atoms with Gasteiger partial charge in [-0.15, -0.1) is 12.4 Å². The average molecular weight is 341 g/mol. The number of hydrogen-bond acceptors (Lipinski definition) is 3. The summed E-state index contributed by atoms with van der Waals surface area (Å²) >= 11 is 3.06. The van der Waals surface area contributed by atoms with Gasteiger partial charge >= 0.3 is 5.97 Å². The SMILES string of the molecule is COC(=O)C(C)(C)[C@H](N)c1ccc(Br)c(F)c1.Cl. The lowest BCUT2D eigenvalue weighted by Crippen LogP contribution is -2.37. The van der Waals surface area contributed by atoms with E-state index in [1.807, 2.05) is 0 Å². The van der Waals surface area contributed by atoms with Crippen LogP contribution in [0.25, 0.3) is 0 Å². The molecule has 0 aromatic heterocycles. The number of rotatable bonds is 3. The predicted molar refractivity (Wildman–Crippen MR) is 74.1 cm³/mol. The minimum atomic E-state index is -0.908. The lowest BCUT2D eigenvalue weighted by molar-refractivity contribution is -0.152. The van der Waals surface area contributed by atoms with Gasteiger partial charge in [0.2, 0.25) is 0 Å². The van der Waals surface area contributed by atoms with Crippen LogP contribution in [-0.2, 0) is 9.53 Å². The molecule has 18 heavy (non-hydrogen) atoms. The predicted octanol–water partition coefficient (Wildman–Crippen LogP) is 3.21. The lowest BCUT2D eigenvalue weighted by Gasteiger charge is -2.29. The van der Waals surface area contributed by atoms with Crippen molar-refractivity contribution in [3.63, 3.8) is 0 Å². The monoisotopic (exact) mass is 339 g/mol. The van der Waals surface area contributed by atoms with Crippen molar-refractivity contribution >= 4 is 34.3 Å². The molecule has 0 heterocycles. The summed E-state index contributed by atoms with van der Waals surface area (Å²) in [5.41, 5.74) is 5.63. The van der Waals surface area contributed by atoms with Crippen molar-refractivity contribution in [2.75, 3.05) is 7.11 Å². The molecule has 0 amide bonds. The van der Waals surface area contributed by atoms with Crippen molar-refractivity contribution in [1.29, 1.82) is 0 Å². The maximum atomic E-state index is 13.4. The molecule has 0 bridgehead atoms. The summed E-state index contributed by atoms with van der Waals surface area (Å²) in [7, 11) is 1.30. The first-order chi connectivity index (χ1) is 7.80. The minimum absolute atomic E-state index is 0. The van der Waals surface area contributed by atoms with Crippen molar-refractivity contribution < 1.29 is 13.9 Å². The molecule has 1 aromatic rings. The number of carbonyl (C=O) groups excluding carboxylic acids is 1. The van der Waals surface area contributed by atoms with E-state index in [2.05, 4.69) is 20.7 Å². The summed E-state index contributed by atoms with van der Waals surface area (Å²) in [5, 5.41) is 0. The molecule has 1 aromatic carbocycles. The van der Waals surface area contributed by atoms with E-state index in [9.17, 15) is 9.18 Å². The van der Waals surface area contributed by atoms with Crippen molar-refractivity contribution in [3.05, 3.63) is 34.1 Å². The van der Waals surface area contributed by atoms with Crippen LogP contribution in [0.5, 0.6) is 0 Å². The van der Waals surface area contributed by atoms with Gasteiger partial charge in [-0.2, -0.15) is 0 Å². The number of nitrogens with two attached hydrogens (primary N) is 1. The van der Waals surface area contributed by atoms with Crippen molar-refractivity contribution in [1.82, 2.24) is 0 Å². The summed E-state index contributed by atoms with van der Waals surface area (Å²) in [6.45, 7) is 3.34. The fraction of sp³-hybridized carbons (Fsp3) is 0.417. The van der Waals surface area contributed by atoms with Gasteiger partial charge in [0, 0.05) is 6.04 Å². The van der Waals surface area contributed by atoms with E-state index in [4.69, 9.17) is 5.73 Å². The summed E-state index contributed by atoms with van der Waals surface area (Å²) in [6.07, 6.45) is 0. The molecule has 0 aliphatic heterocycles. The Labute approximate surface area is 120 Å². The maximum Gasteiger partial charge on any atom is 0.313 e. The highest BCUT2D eigenvalue weighted by molar-refractivity contribution is 9.10. The number of benzene rings is 1. The zero-order valence-corrected chi connectivity index (χ0v) is 12.8.